The number of esters is 4. The van der Waals surface area contributed by atoms with E-state index in [1.807, 2.05) is 0 Å². The van der Waals surface area contributed by atoms with E-state index in [1.165, 1.54) is 0 Å². The monoisotopic (exact) mass is 454 g/mol. The molecule has 1 fully saturated rings. The van der Waals surface area contributed by atoms with Gasteiger partial charge in [0.05, 0.1) is 6.16 Å². The van der Waals surface area contributed by atoms with Crippen LogP contribution in [-0.4, -0.2) is 81.4 Å². The van der Waals surface area contributed by atoms with Crippen LogP contribution in [-0.2, 0) is 56.5 Å². The minimum Gasteiger partial charge on any atom is -0.463 e. The highest BCUT2D eigenvalue weighted by Crippen LogP contribution is 2.49. The van der Waals surface area contributed by atoms with E-state index in [-0.39, 0.29) is 12.8 Å². The van der Waals surface area contributed by atoms with Crippen molar-refractivity contribution in [1.29, 1.82) is 0 Å². The van der Waals surface area contributed by atoms with Crippen LogP contribution in [0.15, 0.2) is 0 Å². The first-order chi connectivity index (χ1) is 13.9. The third kappa shape index (κ3) is 7.67. The molecule has 1 heterocycles. The Morgan fingerprint density at radius 3 is 1.57 bits per heavy atom. The lowest BCUT2D eigenvalue weighted by atomic mass is 9.95. The van der Waals surface area contributed by atoms with E-state index in [0.29, 0.717) is 0 Å². The van der Waals surface area contributed by atoms with Crippen molar-refractivity contribution in [3.63, 3.8) is 0 Å². The predicted molar refractivity (Wildman–Crippen MR) is 98.4 cm³/mol. The van der Waals surface area contributed by atoms with Crippen molar-refractivity contribution in [2.75, 3.05) is 27.0 Å². The molecule has 0 saturated carbocycles. The van der Waals surface area contributed by atoms with Crippen molar-refractivity contribution in [2.24, 2.45) is 0 Å². The molecule has 13 heteroatoms. The number of rotatable bonds is 9. The second-order valence-electron chi connectivity index (χ2n) is 6.40. The summed E-state index contributed by atoms with van der Waals surface area (Å²) in [4.78, 5) is 46.3. The molecule has 0 aromatic heterocycles. The van der Waals surface area contributed by atoms with Gasteiger partial charge in [0.25, 0.3) is 0 Å². The summed E-state index contributed by atoms with van der Waals surface area (Å²) in [7, 11) is -1.35. The summed E-state index contributed by atoms with van der Waals surface area (Å²) >= 11 is 0. The van der Waals surface area contributed by atoms with Gasteiger partial charge in [-0.3, -0.25) is 23.7 Å². The van der Waals surface area contributed by atoms with Gasteiger partial charge in [0, 0.05) is 41.9 Å². The molecule has 0 aromatic carbocycles. The van der Waals surface area contributed by atoms with E-state index in [0.717, 1.165) is 41.9 Å². The smallest absolute Gasteiger partial charge is 0.332 e. The van der Waals surface area contributed by atoms with Gasteiger partial charge in [0.15, 0.2) is 18.3 Å². The van der Waals surface area contributed by atoms with Gasteiger partial charge in [0.1, 0.15) is 18.8 Å². The van der Waals surface area contributed by atoms with Crippen LogP contribution in [0.5, 0.6) is 0 Å². The summed E-state index contributed by atoms with van der Waals surface area (Å²) in [6, 6.07) is 0. The van der Waals surface area contributed by atoms with Crippen LogP contribution in [0, 0.1) is 0 Å². The molecule has 12 nitrogen and oxygen atoms in total. The van der Waals surface area contributed by atoms with Crippen LogP contribution in [0.4, 0.5) is 0 Å². The molecule has 0 aromatic rings. The third-order valence-corrected chi connectivity index (χ3v) is 5.97. The molecular formula is C17H27O12P. The lowest BCUT2D eigenvalue weighted by molar-refractivity contribution is -0.249. The van der Waals surface area contributed by atoms with Crippen LogP contribution < -0.4 is 0 Å². The van der Waals surface area contributed by atoms with Crippen molar-refractivity contribution in [1.82, 2.24) is 0 Å². The summed E-state index contributed by atoms with van der Waals surface area (Å²) in [5, 5.41) is 0. The van der Waals surface area contributed by atoms with Crippen molar-refractivity contribution in [2.45, 2.75) is 58.2 Å². The van der Waals surface area contributed by atoms with Gasteiger partial charge in [-0.15, -0.1) is 0 Å². The minimum absolute atomic E-state index is 0.376. The maximum atomic E-state index is 12.7. The molecule has 172 valence electrons. The average molecular weight is 454 g/mol. The molecule has 0 unspecified atom stereocenters. The highest BCUT2D eigenvalue weighted by molar-refractivity contribution is 7.53. The quantitative estimate of drug-likeness (QED) is 0.273. The molecule has 1 saturated heterocycles. The lowest BCUT2D eigenvalue weighted by Gasteiger charge is -2.44. The number of hydrogen-bond acceptors (Lipinski definition) is 12. The first-order valence-corrected chi connectivity index (χ1v) is 10.7. The Bertz CT molecular complexity index is 684. The fourth-order valence-corrected chi connectivity index (χ4v) is 4.09. The molecule has 0 amide bonds. The third-order valence-electron chi connectivity index (χ3n) is 4.05. The SMILES string of the molecule is COP(=O)(C[C@@H]1O[C@H](COC(C)=O)[C@H](OC(C)=O)[C@H](OC(C)=O)[C@H]1OC(C)=O)OC. The Kier molecular flexibility index (Phi) is 9.89. The standard InChI is InChI=1S/C17H27O12P/c1-9(18)25-7-13-15(26-10(2)19)17(28-12(4)21)16(27-11(3)20)14(29-13)8-30(22,23-5)24-6/h13-17H,7-8H2,1-6H3/t13-,14+,15+,16+,17+/m1/s1. The molecule has 1 rings (SSSR count). The number of ether oxygens (including phenoxy) is 5. The molecule has 5 atom stereocenters. The van der Waals surface area contributed by atoms with Gasteiger partial charge in [0.2, 0.25) is 0 Å². The maximum Gasteiger partial charge on any atom is 0.332 e. The second kappa shape index (κ2) is 11.4. The molecule has 0 bridgehead atoms. The van der Waals surface area contributed by atoms with E-state index in [2.05, 4.69) is 0 Å². The van der Waals surface area contributed by atoms with E-state index in [9.17, 15) is 23.7 Å². The van der Waals surface area contributed by atoms with Crippen molar-refractivity contribution >= 4 is 31.5 Å². The molecule has 1 aliphatic rings. The molecular weight excluding hydrogens is 427 g/mol. The van der Waals surface area contributed by atoms with Crippen LogP contribution in [0.2, 0.25) is 0 Å². The van der Waals surface area contributed by atoms with Crippen LogP contribution in [0.3, 0.4) is 0 Å². The Hall–Kier alpha value is -2.01. The van der Waals surface area contributed by atoms with E-state index in [1.54, 1.807) is 0 Å². The van der Waals surface area contributed by atoms with Crippen molar-refractivity contribution in [3.8, 4) is 0 Å². The van der Waals surface area contributed by atoms with Gasteiger partial charge in [-0.05, 0) is 0 Å². The van der Waals surface area contributed by atoms with Crippen molar-refractivity contribution < 1.29 is 56.5 Å². The zero-order valence-electron chi connectivity index (χ0n) is 17.6. The molecule has 0 radical (unpaired) electrons. The summed E-state index contributed by atoms with van der Waals surface area (Å²) in [6.45, 7) is 4.12. The summed E-state index contributed by atoms with van der Waals surface area (Å²) < 4.78 is 49.1. The first kappa shape index (κ1) is 26.0. The fourth-order valence-electron chi connectivity index (χ4n) is 2.91. The summed E-state index contributed by atoms with van der Waals surface area (Å²) in [6.07, 6.45) is -6.62. The van der Waals surface area contributed by atoms with Crippen LogP contribution in [0.25, 0.3) is 0 Å². The van der Waals surface area contributed by atoms with E-state index >= 15 is 0 Å². The summed E-state index contributed by atoms with van der Waals surface area (Å²) in [5.41, 5.74) is 0. The topological polar surface area (TPSA) is 150 Å². The minimum atomic E-state index is -3.68. The van der Waals surface area contributed by atoms with Crippen LogP contribution >= 0.6 is 7.60 Å². The number of hydrogen-bond donors (Lipinski definition) is 0. The Morgan fingerprint density at radius 1 is 0.733 bits per heavy atom. The van der Waals surface area contributed by atoms with Gasteiger partial charge >= 0.3 is 31.5 Å². The molecule has 0 N–H and O–H groups in total. The highest BCUT2D eigenvalue weighted by Gasteiger charge is 2.53. The Balaban J connectivity index is 3.41. The Labute approximate surface area is 173 Å². The average Bonchev–Trinajstić information content (AvgIpc) is 2.63. The molecule has 0 aliphatic carbocycles. The van der Waals surface area contributed by atoms with Gasteiger partial charge in [-0.1, -0.05) is 0 Å². The van der Waals surface area contributed by atoms with E-state index in [4.69, 9.17) is 32.7 Å². The second-order valence-corrected chi connectivity index (χ2v) is 8.71. The van der Waals surface area contributed by atoms with Gasteiger partial charge in [-0.25, -0.2) is 0 Å². The predicted octanol–water partition coefficient (Wildman–Crippen LogP) is 0.598. The van der Waals surface area contributed by atoms with E-state index < -0.39 is 62.0 Å². The Morgan fingerprint density at radius 2 is 1.17 bits per heavy atom. The maximum absolute atomic E-state index is 12.7. The fraction of sp³-hybridized carbons (Fsp3) is 0.765. The largest absolute Gasteiger partial charge is 0.463 e. The van der Waals surface area contributed by atoms with Gasteiger partial charge < -0.3 is 32.7 Å². The zero-order valence-corrected chi connectivity index (χ0v) is 18.5. The lowest BCUT2D eigenvalue weighted by Crippen LogP contribution is -2.63. The summed E-state index contributed by atoms with van der Waals surface area (Å²) in [5.74, 6) is -2.89. The normalized spacial score (nSPS) is 26.4. The zero-order chi connectivity index (χ0) is 23.1. The first-order valence-electron chi connectivity index (χ1n) is 8.93. The highest BCUT2D eigenvalue weighted by atomic mass is 31.2. The van der Waals surface area contributed by atoms with Crippen LogP contribution in [0.1, 0.15) is 27.7 Å². The molecule has 0 spiro atoms. The van der Waals surface area contributed by atoms with Gasteiger partial charge in [-0.2, -0.15) is 0 Å². The van der Waals surface area contributed by atoms with Crippen molar-refractivity contribution in [3.05, 3.63) is 0 Å². The number of carbonyl (C=O) groups is 4. The number of carbonyl (C=O) groups excluding carboxylic acids is 4. The molecule has 30 heavy (non-hydrogen) atoms. The molecule has 1 aliphatic heterocycles.